The Bertz CT molecular complexity index is 519. The fraction of sp³-hybridized carbons (Fsp3) is 0.500. The van der Waals surface area contributed by atoms with Gasteiger partial charge in [0.2, 0.25) is 0 Å². The van der Waals surface area contributed by atoms with Crippen LogP contribution in [0.2, 0.25) is 0 Å². The van der Waals surface area contributed by atoms with Crippen molar-refractivity contribution in [3.63, 3.8) is 0 Å². The van der Waals surface area contributed by atoms with Crippen LogP contribution in [0.5, 0.6) is 0 Å². The molecule has 2 N–H and O–H groups in total. The largest absolute Gasteiger partial charge is 0.465 e. The lowest BCUT2D eigenvalue weighted by Gasteiger charge is -2.31. The molecular formula is C16H23N2O4+. The van der Waals surface area contributed by atoms with Gasteiger partial charge in [-0.15, -0.1) is 0 Å². The van der Waals surface area contributed by atoms with E-state index in [-0.39, 0.29) is 18.1 Å². The molecule has 1 fully saturated rings. The molecule has 1 heterocycles. The zero-order chi connectivity index (χ0) is 16.1. The molecule has 0 aromatic heterocycles. The van der Waals surface area contributed by atoms with E-state index in [9.17, 15) is 9.59 Å². The summed E-state index contributed by atoms with van der Waals surface area (Å²) in [5.74, 6) is -0.430. The lowest BCUT2D eigenvalue weighted by atomic mass is 10.2. The number of esters is 1. The Kier molecular flexibility index (Phi) is 5.51. The molecule has 0 spiro atoms. The lowest BCUT2D eigenvalue weighted by molar-refractivity contribution is -0.907. The van der Waals surface area contributed by atoms with Gasteiger partial charge in [-0.2, -0.15) is 0 Å². The zero-order valence-corrected chi connectivity index (χ0v) is 13.2. The maximum atomic E-state index is 12.1. The van der Waals surface area contributed by atoms with Crippen molar-refractivity contribution in [2.45, 2.75) is 26.1 Å². The maximum Gasteiger partial charge on any atom is 0.337 e. The molecule has 0 aliphatic carbocycles. The molecule has 120 valence electrons. The summed E-state index contributed by atoms with van der Waals surface area (Å²) in [7, 11) is 1.34. The Morgan fingerprint density at radius 3 is 2.36 bits per heavy atom. The molecule has 22 heavy (non-hydrogen) atoms. The highest BCUT2D eigenvalue weighted by atomic mass is 16.5. The highest BCUT2D eigenvalue weighted by Crippen LogP contribution is 2.10. The van der Waals surface area contributed by atoms with Crippen LogP contribution in [0, 0.1) is 0 Å². The fourth-order valence-electron chi connectivity index (χ4n) is 2.77. The van der Waals surface area contributed by atoms with Crippen LogP contribution in [-0.2, 0) is 14.3 Å². The molecule has 1 aromatic rings. The average Bonchev–Trinajstić information content (AvgIpc) is 2.46. The number of amides is 1. The van der Waals surface area contributed by atoms with Crippen molar-refractivity contribution in [2.24, 2.45) is 0 Å². The van der Waals surface area contributed by atoms with Crippen molar-refractivity contribution in [2.75, 3.05) is 32.1 Å². The van der Waals surface area contributed by atoms with Crippen LogP contribution in [0.3, 0.4) is 0 Å². The van der Waals surface area contributed by atoms with Gasteiger partial charge >= 0.3 is 5.97 Å². The molecule has 0 unspecified atom stereocenters. The van der Waals surface area contributed by atoms with Gasteiger partial charge in [-0.1, -0.05) is 0 Å². The fourth-order valence-corrected chi connectivity index (χ4v) is 2.77. The van der Waals surface area contributed by atoms with E-state index in [4.69, 9.17) is 4.74 Å². The van der Waals surface area contributed by atoms with Gasteiger partial charge in [0.15, 0.2) is 6.54 Å². The van der Waals surface area contributed by atoms with Gasteiger partial charge < -0.3 is 19.7 Å². The van der Waals surface area contributed by atoms with E-state index in [0.717, 1.165) is 13.1 Å². The van der Waals surface area contributed by atoms with E-state index >= 15 is 0 Å². The van der Waals surface area contributed by atoms with Crippen molar-refractivity contribution in [1.82, 2.24) is 0 Å². The molecule has 0 saturated carbocycles. The monoisotopic (exact) mass is 307 g/mol. The van der Waals surface area contributed by atoms with E-state index in [0.29, 0.717) is 17.8 Å². The number of benzene rings is 1. The quantitative estimate of drug-likeness (QED) is 0.775. The Morgan fingerprint density at radius 2 is 1.82 bits per heavy atom. The minimum Gasteiger partial charge on any atom is -0.465 e. The van der Waals surface area contributed by atoms with Crippen LogP contribution in [0.15, 0.2) is 24.3 Å². The van der Waals surface area contributed by atoms with Gasteiger partial charge in [-0.05, 0) is 38.1 Å². The SMILES string of the molecule is COC(=O)c1ccc(NC(=O)C[NH+]2C[C@@H](C)O[C@H](C)C2)cc1. The molecule has 1 aliphatic heterocycles. The normalized spacial score (nSPS) is 24.6. The van der Waals surface area contributed by atoms with Crippen molar-refractivity contribution < 1.29 is 24.0 Å². The number of anilines is 1. The van der Waals surface area contributed by atoms with Gasteiger partial charge in [0.05, 0.1) is 12.7 Å². The number of ether oxygens (including phenoxy) is 2. The standard InChI is InChI=1S/C16H22N2O4/c1-11-8-18(9-12(2)22-11)10-15(19)17-14-6-4-13(5-7-14)16(20)21-3/h4-7,11-12H,8-10H2,1-3H3,(H,17,19)/p+1/t11-,12-/m1/s1. The summed E-state index contributed by atoms with van der Waals surface area (Å²) in [6.45, 7) is 6.13. The molecule has 1 aromatic carbocycles. The first-order chi connectivity index (χ1) is 10.5. The summed E-state index contributed by atoms with van der Waals surface area (Å²) in [6, 6.07) is 6.66. The summed E-state index contributed by atoms with van der Waals surface area (Å²) in [6.07, 6.45) is 0.344. The minimum absolute atomic E-state index is 0.0397. The molecule has 1 saturated heterocycles. The van der Waals surface area contributed by atoms with Crippen LogP contribution in [0.1, 0.15) is 24.2 Å². The number of carbonyl (C=O) groups is 2. The first-order valence-corrected chi connectivity index (χ1v) is 7.45. The number of hydrogen-bond acceptors (Lipinski definition) is 4. The lowest BCUT2D eigenvalue weighted by Crippen LogP contribution is -3.16. The summed E-state index contributed by atoms with van der Waals surface area (Å²) < 4.78 is 10.3. The van der Waals surface area contributed by atoms with Crippen molar-refractivity contribution in [3.05, 3.63) is 29.8 Å². The highest BCUT2D eigenvalue weighted by Gasteiger charge is 2.27. The summed E-state index contributed by atoms with van der Waals surface area (Å²) in [5.41, 5.74) is 1.13. The van der Waals surface area contributed by atoms with Crippen molar-refractivity contribution in [3.8, 4) is 0 Å². The number of nitrogens with one attached hydrogen (secondary N) is 2. The molecule has 2 rings (SSSR count). The van der Waals surface area contributed by atoms with E-state index < -0.39 is 5.97 Å². The molecule has 2 atom stereocenters. The first kappa shape index (κ1) is 16.5. The van der Waals surface area contributed by atoms with Crippen LogP contribution in [-0.4, -0.2) is 50.8 Å². The second-order valence-corrected chi connectivity index (χ2v) is 5.71. The van der Waals surface area contributed by atoms with Crippen LogP contribution >= 0.6 is 0 Å². The van der Waals surface area contributed by atoms with Crippen molar-refractivity contribution in [1.29, 1.82) is 0 Å². The average molecular weight is 307 g/mol. The van der Waals surface area contributed by atoms with Crippen LogP contribution < -0.4 is 10.2 Å². The van der Waals surface area contributed by atoms with Crippen LogP contribution in [0.4, 0.5) is 5.69 Å². The molecule has 1 aliphatic rings. The number of morpholine rings is 1. The number of hydrogen-bond donors (Lipinski definition) is 2. The summed E-state index contributed by atoms with van der Waals surface area (Å²) in [4.78, 5) is 24.7. The maximum absolute atomic E-state index is 12.1. The third-order valence-electron chi connectivity index (χ3n) is 3.62. The second kappa shape index (κ2) is 7.38. The summed E-state index contributed by atoms with van der Waals surface area (Å²) in [5, 5.41) is 2.85. The molecule has 1 amide bonds. The topological polar surface area (TPSA) is 69.1 Å². The van der Waals surface area contributed by atoms with E-state index in [1.54, 1.807) is 24.3 Å². The van der Waals surface area contributed by atoms with Crippen molar-refractivity contribution >= 4 is 17.6 Å². The van der Waals surface area contributed by atoms with Crippen LogP contribution in [0.25, 0.3) is 0 Å². The first-order valence-electron chi connectivity index (χ1n) is 7.45. The Hall–Kier alpha value is -1.92. The van der Waals surface area contributed by atoms with E-state index in [2.05, 4.69) is 10.1 Å². The molecular weight excluding hydrogens is 284 g/mol. The molecule has 0 bridgehead atoms. The third kappa shape index (κ3) is 4.54. The summed E-state index contributed by atoms with van der Waals surface area (Å²) >= 11 is 0. The molecule has 0 radical (unpaired) electrons. The zero-order valence-electron chi connectivity index (χ0n) is 13.2. The van der Waals surface area contributed by atoms with E-state index in [1.165, 1.54) is 12.0 Å². The molecule has 6 heteroatoms. The number of rotatable bonds is 4. The highest BCUT2D eigenvalue weighted by molar-refractivity contribution is 5.93. The Labute approximate surface area is 130 Å². The van der Waals surface area contributed by atoms with Gasteiger partial charge in [0.1, 0.15) is 25.3 Å². The predicted molar refractivity (Wildman–Crippen MR) is 82.0 cm³/mol. The van der Waals surface area contributed by atoms with Gasteiger partial charge in [-0.3, -0.25) is 4.79 Å². The Morgan fingerprint density at radius 1 is 1.23 bits per heavy atom. The number of quaternary nitrogens is 1. The Balaban J connectivity index is 1.87. The van der Waals surface area contributed by atoms with Gasteiger partial charge in [-0.25, -0.2) is 4.79 Å². The molecule has 6 nitrogen and oxygen atoms in total. The predicted octanol–water partition coefficient (Wildman–Crippen LogP) is 0.104. The van der Waals surface area contributed by atoms with Gasteiger partial charge in [0, 0.05) is 5.69 Å². The third-order valence-corrected chi connectivity index (χ3v) is 3.62. The number of methoxy groups -OCH3 is 1. The number of carbonyl (C=O) groups excluding carboxylic acids is 2. The second-order valence-electron chi connectivity index (χ2n) is 5.71. The minimum atomic E-state index is -0.390. The smallest absolute Gasteiger partial charge is 0.337 e. The van der Waals surface area contributed by atoms with Gasteiger partial charge in [0.25, 0.3) is 5.91 Å². The van der Waals surface area contributed by atoms with E-state index in [1.807, 2.05) is 13.8 Å².